The standard InChI is InChI=1S/C21H27N3O5/c1-14(2)11-12-29-18-10-9-15(13-19(18)28-4)20(25)23-24-21(26)22-16-7-5-6-8-17(16)27-3/h5-10,13-14H,11-12H2,1-4H3,(H,23,25)(H2,22,24,26). The summed E-state index contributed by atoms with van der Waals surface area (Å²) in [5.74, 6) is 1.55. The summed E-state index contributed by atoms with van der Waals surface area (Å²) in [5, 5.41) is 2.60. The van der Waals surface area contributed by atoms with Crippen molar-refractivity contribution in [2.45, 2.75) is 20.3 Å². The maximum absolute atomic E-state index is 12.3. The van der Waals surface area contributed by atoms with Crippen LogP contribution >= 0.6 is 0 Å². The van der Waals surface area contributed by atoms with Gasteiger partial charge in [-0.25, -0.2) is 10.2 Å². The van der Waals surface area contributed by atoms with Crippen LogP contribution in [0.2, 0.25) is 0 Å². The van der Waals surface area contributed by atoms with Crippen molar-refractivity contribution in [3.8, 4) is 17.2 Å². The second-order valence-corrected chi connectivity index (χ2v) is 6.63. The minimum absolute atomic E-state index is 0.315. The van der Waals surface area contributed by atoms with E-state index >= 15 is 0 Å². The molecule has 0 aliphatic carbocycles. The lowest BCUT2D eigenvalue weighted by Gasteiger charge is -2.14. The largest absolute Gasteiger partial charge is 0.495 e. The summed E-state index contributed by atoms with van der Waals surface area (Å²) in [6.45, 7) is 4.79. The van der Waals surface area contributed by atoms with Crippen LogP contribution in [0.15, 0.2) is 42.5 Å². The summed E-state index contributed by atoms with van der Waals surface area (Å²) in [4.78, 5) is 24.4. The van der Waals surface area contributed by atoms with Gasteiger partial charge in [-0.05, 0) is 42.7 Å². The van der Waals surface area contributed by atoms with Gasteiger partial charge >= 0.3 is 6.03 Å². The number of urea groups is 1. The lowest BCUT2D eigenvalue weighted by atomic mass is 10.1. The first-order valence-electron chi connectivity index (χ1n) is 9.25. The average Bonchev–Trinajstić information content (AvgIpc) is 2.72. The van der Waals surface area contributed by atoms with Crippen molar-refractivity contribution in [3.05, 3.63) is 48.0 Å². The minimum Gasteiger partial charge on any atom is -0.495 e. The van der Waals surface area contributed by atoms with Crippen molar-refractivity contribution in [1.29, 1.82) is 0 Å². The SMILES string of the molecule is COc1ccccc1NC(=O)NNC(=O)c1ccc(OCCC(C)C)c(OC)c1. The Hall–Kier alpha value is -3.42. The van der Waals surface area contributed by atoms with Crippen molar-refractivity contribution in [3.63, 3.8) is 0 Å². The van der Waals surface area contributed by atoms with Crippen molar-refractivity contribution < 1.29 is 23.8 Å². The molecule has 0 unspecified atom stereocenters. The van der Waals surface area contributed by atoms with Gasteiger partial charge in [0.2, 0.25) is 0 Å². The van der Waals surface area contributed by atoms with Crippen LogP contribution in [0, 0.1) is 5.92 Å². The summed E-state index contributed by atoms with van der Waals surface area (Å²) in [6.07, 6.45) is 0.913. The lowest BCUT2D eigenvalue weighted by Crippen LogP contribution is -2.43. The number of rotatable bonds is 8. The first-order chi connectivity index (χ1) is 13.9. The first kappa shape index (κ1) is 21.9. The van der Waals surface area contributed by atoms with Crippen LogP contribution in [0.1, 0.15) is 30.6 Å². The Morgan fingerprint density at radius 1 is 0.931 bits per heavy atom. The van der Waals surface area contributed by atoms with E-state index in [4.69, 9.17) is 14.2 Å². The number of benzene rings is 2. The maximum Gasteiger partial charge on any atom is 0.338 e. The van der Waals surface area contributed by atoms with E-state index in [0.29, 0.717) is 41.0 Å². The van der Waals surface area contributed by atoms with Crippen LogP contribution in [0.5, 0.6) is 17.2 Å². The molecule has 3 amide bonds. The smallest absolute Gasteiger partial charge is 0.338 e. The number of para-hydroxylation sites is 2. The third kappa shape index (κ3) is 6.60. The molecule has 0 saturated heterocycles. The molecule has 2 aromatic carbocycles. The van der Waals surface area contributed by atoms with Gasteiger partial charge in [-0.1, -0.05) is 26.0 Å². The van der Waals surface area contributed by atoms with E-state index in [1.165, 1.54) is 14.2 Å². The van der Waals surface area contributed by atoms with Crippen LogP contribution in [0.3, 0.4) is 0 Å². The normalized spacial score (nSPS) is 10.2. The molecule has 8 heteroatoms. The molecule has 8 nitrogen and oxygen atoms in total. The fourth-order valence-corrected chi connectivity index (χ4v) is 2.42. The summed E-state index contributed by atoms with van der Waals surface area (Å²) in [7, 11) is 3.01. The van der Waals surface area contributed by atoms with Gasteiger partial charge in [0.25, 0.3) is 5.91 Å². The maximum atomic E-state index is 12.3. The molecule has 0 saturated carbocycles. The minimum atomic E-state index is -0.608. The molecule has 0 aliphatic heterocycles. The number of anilines is 1. The van der Waals surface area contributed by atoms with E-state index in [0.717, 1.165) is 6.42 Å². The van der Waals surface area contributed by atoms with Crippen LogP contribution in [-0.2, 0) is 0 Å². The van der Waals surface area contributed by atoms with Crippen LogP contribution in [0.25, 0.3) is 0 Å². The quantitative estimate of drug-likeness (QED) is 0.587. The Kier molecular flexibility index (Phi) is 8.14. The molecule has 0 bridgehead atoms. The second-order valence-electron chi connectivity index (χ2n) is 6.63. The number of nitrogens with one attached hydrogen (secondary N) is 3. The summed E-state index contributed by atoms with van der Waals surface area (Å²) >= 11 is 0. The van der Waals surface area contributed by atoms with Gasteiger partial charge in [-0.15, -0.1) is 0 Å². The number of carbonyl (C=O) groups is 2. The third-order valence-corrected chi connectivity index (χ3v) is 4.02. The Bertz CT molecular complexity index is 839. The van der Waals surface area contributed by atoms with Crippen molar-refractivity contribution in [2.75, 3.05) is 26.1 Å². The Morgan fingerprint density at radius 3 is 2.34 bits per heavy atom. The first-order valence-corrected chi connectivity index (χ1v) is 9.25. The zero-order valence-corrected chi connectivity index (χ0v) is 17.1. The highest BCUT2D eigenvalue weighted by molar-refractivity contribution is 5.97. The molecular weight excluding hydrogens is 374 g/mol. The van der Waals surface area contributed by atoms with E-state index in [-0.39, 0.29) is 0 Å². The lowest BCUT2D eigenvalue weighted by molar-refractivity contribution is 0.0937. The molecule has 0 radical (unpaired) electrons. The highest BCUT2D eigenvalue weighted by atomic mass is 16.5. The number of amides is 3. The van der Waals surface area contributed by atoms with E-state index in [2.05, 4.69) is 30.0 Å². The predicted molar refractivity (Wildman–Crippen MR) is 111 cm³/mol. The molecule has 0 atom stereocenters. The van der Waals surface area contributed by atoms with Gasteiger partial charge in [0.05, 0.1) is 26.5 Å². The van der Waals surface area contributed by atoms with Gasteiger partial charge in [0.15, 0.2) is 11.5 Å². The predicted octanol–water partition coefficient (Wildman–Crippen LogP) is 3.60. The molecule has 0 aliphatic rings. The van der Waals surface area contributed by atoms with Gasteiger partial charge < -0.3 is 19.5 Å². The summed E-state index contributed by atoms with van der Waals surface area (Å²) in [6, 6.07) is 11.2. The van der Waals surface area contributed by atoms with Crippen molar-refractivity contribution >= 4 is 17.6 Å². The number of hydrogen-bond donors (Lipinski definition) is 3. The fourth-order valence-electron chi connectivity index (χ4n) is 2.42. The summed E-state index contributed by atoms with van der Waals surface area (Å²) < 4.78 is 16.2. The van der Waals surface area contributed by atoms with Gasteiger partial charge in [0, 0.05) is 5.56 Å². The van der Waals surface area contributed by atoms with Gasteiger partial charge in [0.1, 0.15) is 5.75 Å². The molecule has 0 spiro atoms. The third-order valence-electron chi connectivity index (χ3n) is 4.02. The average molecular weight is 401 g/mol. The molecule has 2 aromatic rings. The molecular formula is C21H27N3O5. The van der Waals surface area contributed by atoms with E-state index in [1.807, 2.05) is 0 Å². The molecule has 29 heavy (non-hydrogen) atoms. The number of hydrogen-bond acceptors (Lipinski definition) is 5. The van der Waals surface area contributed by atoms with Gasteiger partial charge in [-0.2, -0.15) is 0 Å². The molecule has 0 fully saturated rings. The number of hydrazine groups is 1. The monoisotopic (exact) mass is 401 g/mol. The topological polar surface area (TPSA) is 97.9 Å². The van der Waals surface area contributed by atoms with Crippen molar-refractivity contribution in [2.24, 2.45) is 5.92 Å². The van der Waals surface area contributed by atoms with E-state index in [1.54, 1.807) is 42.5 Å². The molecule has 3 N–H and O–H groups in total. The highest BCUT2D eigenvalue weighted by Gasteiger charge is 2.13. The Labute approximate surface area is 170 Å². The molecule has 0 aromatic heterocycles. The highest BCUT2D eigenvalue weighted by Crippen LogP contribution is 2.28. The zero-order valence-electron chi connectivity index (χ0n) is 17.1. The Morgan fingerprint density at radius 2 is 1.66 bits per heavy atom. The van der Waals surface area contributed by atoms with E-state index in [9.17, 15) is 9.59 Å². The zero-order chi connectivity index (χ0) is 21.2. The molecule has 156 valence electrons. The Balaban J connectivity index is 1.93. The van der Waals surface area contributed by atoms with Crippen LogP contribution < -0.4 is 30.4 Å². The molecule has 0 heterocycles. The number of carbonyl (C=O) groups excluding carboxylic acids is 2. The number of ether oxygens (including phenoxy) is 3. The molecule has 2 rings (SSSR count). The number of methoxy groups -OCH3 is 2. The second kappa shape index (κ2) is 10.8. The van der Waals surface area contributed by atoms with Crippen LogP contribution in [-0.4, -0.2) is 32.8 Å². The van der Waals surface area contributed by atoms with Crippen LogP contribution in [0.4, 0.5) is 10.5 Å². The summed E-state index contributed by atoms with van der Waals surface area (Å²) in [5.41, 5.74) is 5.44. The van der Waals surface area contributed by atoms with Gasteiger partial charge in [-0.3, -0.25) is 10.2 Å². The van der Waals surface area contributed by atoms with Crippen molar-refractivity contribution in [1.82, 2.24) is 10.9 Å². The van der Waals surface area contributed by atoms with E-state index < -0.39 is 11.9 Å². The fraction of sp³-hybridized carbons (Fsp3) is 0.333.